The maximum absolute atomic E-state index is 2.35. The molecule has 0 saturated carbocycles. The predicted molar refractivity (Wildman–Crippen MR) is 78.1 cm³/mol. The van der Waals surface area contributed by atoms with Crippen molar-refractivity contribution in [1.82, 2.24) is 0 Å². The molecule has 2 aromatic carbocycles. The Morgan fingerprint density at radius 2 is 1.78 bits per heavy atom. The van der Waals surface area contributed by atoms with Crippen LogP contribution in [0.4, 0.5) is 0 Å². The van der Waals surface area contributed by atoms with E-state index in [2.05, 4.69) is 67.1 Å². The van der Waals surface area contributed by atoms with Gasteiger partial charge in [-0.2, -0.15) is 0 Å². The molecule has 86 valence electrons. The Kier molecular flexibility index (Phi) is 3.33. The molecule has 0 fully saturated rings. The van der Waals surface area contributed by atoms with E-state index in [0.717, 1.165) is 0 Å². The third kappa shape index (κ3) is 1.85. The van der Waals surface area contributed by atoms with Crippen molar-refractivity contribution in [2.75, 3.05) is 0 Å². The van der Waals surface area contributed by atoms with Crippen LogP contribution in [-0.4, -0.2) is 17.7 Å². The van der Waals surface area contributed by atoms with Crippen molar-refractivity contribution < 1.29 is 0 Å². The van der Waals surface area contributed by atoms with Gasteiger partial charge in [0.15, 0.2) is 0 Å². The first-order valence-corrected chi connectivity index (χ1v) is 7.04. The molecule has 1 unspecified atom stereocenters. The van der Waals surface area contributed by atoms with Gasteiger partial charge in [0.05, 0.1) is 0 Å². The van der Waals surface area contributed by atoms with Crippen LogP contribution < -0.4 is 0 Å². The number of hydrogen-bond donors (Lipinski definition) is 0. The van der Waals surface area contributed by atoms with Gasteiger partial charge in [0.2, 0.25) is 0 Å². The summed E-state index contributed by atoms with van der Waals surface area (Å²) in [5.74, 6) is 0. The van der Waals surface area contributed by atoms with Gasteiger partial charge in [-0.05, 0) is 0 Å². The molecule has 0 bridgehead atoms. The van der Waals surface area contributed by atoms with E-state index in [1.807, 2.05) is 0 Å². The second-order valence-electron chi connectivity index (χ2n) is 5.29. The van der Waals surface area contributed by atoms with E-state index in [4.69, 9.17) is 0 Å². The van der Waals surface area contributed by atoms with Crippen molar-refractivity contribution in [3.8, 4) is 11.1 Å². The van der Waals surface area contributed by atoms with Crippen LogP contribution in [0, 0.1) is 0 Å². The van der Waals surface area contributed by atoms with E-state index in [1.54, 1.807) is 11.1 Å². The summed E-state index contributed by atoms with van der Waals surface area (Å²) in [7, 11) is 0. The zero-order chi connectivity index (χ0) is 12.5. The molecule has 0 heterocycles. The van der Waals surface area contributed by atoms with Crippen molar-refractivity contribution in [3.63, 3.8) is 0 Å². The Bertz CT molecular complexity index is 572. The molecular formula is C17H17Li. The molecule has 0 N–H and O–H groups in total. The average molecular weight is 228 g/mol. The molecule has 0 amide bonds. The normalized spacial score (nSPS) is 16.5. The summed E-state index contributed by atoms with van der Waals surface area (Å²) in [6.07, 6.45) is 3.78. The third-order valence-electron chi connectivity index (χ3n) is 4.15. The molecule has 1 aliphatic rings. The second-order valence-corrected chi connectivity index (χ2v) is 5.29. The SMILES string of the molecule is [Li][CH]1c2ccccc2-c2cccc(CCCC)c21. The molecule has 0 saturated heterocycles. The number of aryl methyl sites for hydroxylation is 1. The first kappa shape index (κ1) is 12.1. The maximum atomic E-state index is 2.35. The van der Waals surface area contributed by atoms with Crippen LogP contribution in [0.3, 0.4) is 0 Å². The zero-order valence-corrected chi connectivity index (χ0v) is 11.2. The molecule has 1 heteroatoms. The Morgan fingerprint density at radius 3 is 2.61 bits per heavy atom. The minimum absolute atomic E-state index is 0.559. The summed E-state index contributed by atoms with van der Waals surface area (Å²) in [5.41, 5.74) is 7.53. The van der Waals surface area contributed by atoms with Gasteiger partial charge in [-0.3, -0.25) is 0 Å². The molecule has 0 aliphatic heterocycles. The Labute approximate surface area is 119 Å². The van der Waals surface area contributed by atoms with Crippen LogP contribution in [0.1, 0.15) is 41.0 Å². The molecular weight excluding hydrogens is 211 g/mol. The van der Waals surface area contributed by atoms with Crippen molar-refractivity contribution in [2.45, 2.75) is 30.8 Å². The molecule has 3 rings (SSSR count). The summed E-state index contributed by atoms with van der Waals surface area (Å²) < 4.78 is 0.559. The second kappa shape index (κ2) is 4.96. The molecule has 2 aromatic rings. The first-order chi connectivity index (χ1) is 8.83. The van der Waals surface area contributed by atoms with Crippen LogP contribution in [0.25, 0.3) is 11.1 Å². The minimum atomic E-state index is 0.559. The molecule has 0 aromatic heterocycles. The number of rotatable bonds is 3. The van der Waals surface area contributed by atoms with Gasteiger partial charge < -0.3 is 0 Å². The van der Waals surface area contributed by atoms with E-state index in [-0.39, 0.29) is 0 Å². The summed E-state index contributed by atoms with van der Waals surface area (Å²) in [6, 6.07) is 15.7. The fourth-order valence-electron chi connectivity index (χ4n) is 3.22. The topological polar surface area (TPSA) is 0 Å². The molecule has 18 heavy (non-hydrogen) atoms. The monoisotopic (exact) mass is 228 g/mol. The van der Waals surface area contributed by atoms with Crippen LogP contribution in [0.15, 0.2) is 42.5 Å². The van der Waals surface area contributed by atoms with E-state index in [0.29, 0.717) is 4.59 Å². The van der Waals surface area contributed by atoms with Crippen LogP contribution in [0.5, 0.6) is 0 Å². The number of hydrogen-bond acceptors (Lipinski definition) is 0. The van der Waals surface area contributed by atoms with Gasteiger partial charge in [0.25, 0.3) is 0 Å². The van der Waals surface area contributed by atoms with Gasteiger partial charge in [-0.25, -0.2) is 0 Å². The zero-order valence-electron chi connectivity index (χ0n) is 11.2. The van der Waals surface area contributed by atoms with E-state index in [9.17, 15) is 0 Å². The van der Waals surface area contributed by atoms with Gasteiger partial charge >= 0.3 is 119 Å². The number of fused-ring (bicyclic) bond motifs is 3. The molecule has 0 spiro atoms. The molecule has 1 atom stereocenters. The van der Waals surface area contributed by atoms with Crippen molar-refractivity contribution in [3.05, 3.63) is 59.2 Å². The number of unbranched alkanes of at least 4 members (excludes halogenated alkanes) is 1. The Morgan fingerprint density at radius 1 is 1.00 bits per heavy atom. The summed E-state index contributed by atoms with van der Waals surface area (Å²) in [4.78, 5) is 0. The molecule has 0 radical (unpaired) electrons. The van der Waals surface area contributed by atoms with Crippen LogP contribution in [-0.2, 0) is 6.42 Å². The quantitative estimate of drug-likeness (QED) is 0.688. The van der Waals surface area contributed by atoms with Crippen molar-refractivity contribution in [2.24, 2.45) is 0 Å². The fourth-order valence-corrected chi connectivity index (χ4v) is 3.22. The third-order valence-corrected chi connectivity index (χ3v) is 4.15. The van der Waals surface area contributed by atoms with Gasteiger partial charge in [-0.1, -0.05) is 0 Å². The van der Waals surface area contributed by atoms with Crippen LogP contribution in [0.2, 0.25) is 0 Å². The summed E-state index contributed by atoms with van der Waals surface area (Å²) in [6.45, 7) is 2.27. The Balaban J connectivity index is 2.12. The van der Waals surface area contributed by atoms with E-state index < -0.39 is 0 Å². The van der Waals surface area contributed by atoms with Crippen LogP contribution >= 0.6 is 0 Å². The fraction of sp³-hybridized carbons (Fsp3) is 0.294. The number of benzene rings is 2. The summed E-state index contributed by atoms with van der Waals surface area (Å²) in [5, 5.41) is 0. The molecule has 0 nitrogen and oxygen atoms in total. The van der Waals surface area contributed by atoms with E-state index in [1.165, 1.54) is 36.0 Å². The van der Waals surface area contributed by atoms with Gasteiger partial charge in [-0.15, -0.1) is 0 Å². The molecule has 1 aliphatic carbocycles. The van der Waals surface area contributed by atoms with Crippen molar-refractivity contribution >= 4 is 17.7 Å². The van der Waals surface area contributed by atoms with Crippen molar-refractivity contribution in [1.29, 1.82) is 0 Å². The van der Waals surface area contributed by atoms with Gasteiger partial charge in [0.1, 0.15) is 0 Å². The Hall–Kier alpha value is -0.963. The first-order valence-electron chi connectivity index (χ1n) is 7.04. The average Bonchev–Trinajstić information content (AvgIpc) is 2.72. The van der Waals surface area contributed by atoms with E-state index >= 15 is 0 Å². The van der Waals surface area contributed by atoms with Gasteiger partial charge in [0, 0.05) is 0 Å². The summed E-state index contributed by atoms with van der Waals surface area (Å²) >= 11 is 2.35. The standard InChI is InChI=1S/C17H17.Li/c1-2-3-7-13-9-6-11-16-15-10-5-4-8-14(15)12-17(13)16;/h4-6,8-12H,2-3,7H2,1H3;. The predicted octanol–water partition coefficient (Wildman–Crippen LogP) is 4.27.